The first-order valence-corrected chi connectivity index (χ1v) is 8.23. The minimum absolute atomic E-state index is 0.00998. The first-order valence-electron chi connectivity index (χ1n) is 5.95. The fraction of sp³-hybridized carbons (Fsp3) is 0.143. The smallest absolute Gasteiger partial charge is 0.262 e. The second-order valence-corrected chi connectivity index (χ2v) is 7.19. The van der Waals surface area contributed by atoms with Crippen LogP contribution >= 0.6 is 15.9 Å². The lowest BCUT2D eigenvalue weighted by molar-refractivity contribution is 0.581. The lowest BCUT2D eigenvalue weighted by Gasteiger charge is -2.12. The van der Waals surface area contributed by atoms with Crippen LogP contribution in [0.2, 0.25) is 0 Å². The molecule has 2 aromatic rings. The van der Waals surface area contributed by atoms with Crippen LogP contribution in [0, 0.1) is 25.5 Å². The minimum Gasteiger partial charge on any atom is -0.274 e. The lowest BCUT2D eigenvalue weighted by atomic mass is 10.2. The predicted molar refractivity (Wildman–Crippen MR) is 80.8 cm³/mol. The van der Waals surface area contributed by atoms with E-state index in [1.807, 2.05) is 4.72 Å². The van der Waals surface area contributed by atoms with Crippen LogP contribution in [-0.4, -0.2) is 8.42 Å². The third-order valence-electron chi connectivity index (χ3n) is 2.88. The molecule has 3 nitrogen and oxygen atoms in total. The van der Waals surface area contributed by atoms with Crippen molar-refractivity contribution in [2.24, 2.45) is 0 Å². The second kappa shape index (κ2) is 5.73. The van der Waals surface area contributed by atoms with Crippen molar-refractivity contribution in [1.29, 1.82) is 0 Å². The quantitative estimate of drug-likeness (QED) is 0.875. The van der Waals surface area contributed by atoms with Crippen molar-refractivity contribution in [2.75, 3.05) is 4.72 Å². The second-order valence-electron chi connectivity index (χ2n) is 4.62. The molecule has 7 heteroatoms. The van der Waals surface area contributed by atoms with E-state index in [1.165, 1.54) is 6.07 Å². The summed E-state index contributed by atoms with van der Waals surface area (Å²) in [5.41, 5.74) is 0.530. The molecule has 2 rings (SSSR count). The summed E-state index contributed by atoms with van der Waals surface area (Å²) < 4.78 is 54.3. The van der Waals surface area contributed by atoms with Crippen molar-refractivity contribution in [3.8, 4) is 0 Å². The molecule has 0 amide bonds. The molecule has 0 unspecified atom stereocenters. The Morgan fingerprint density at radius 1 is 1.05 bits per heavy atom. The number of anilines is 1. The molecule has 0 spiro atoms. The van der Waals surface area contributed by atoms with Crippen molar-refractivity contribution < 1.29 is 17.2 Å². The van der Waals surface area contributed by atoms with Crippen LogP contribution in [0.4, 0.5) is 14.5 Å². The Bertz CT molecular complexity index is 784. The summed E-state index contributed by atoms with van der Waals surface area (Å²) in [4.78, 5) is -0.00998. The third-order valence-corrected chi connectivity index (χ3v) is 4.83. The van der Waals surface area contributed by atoms with Crippen LogP contribution in [-0.2, 0) is 10.0 Å². The molecule has 112 valence electrons. The Labute approximate surface area is 130 Å². The van der Waals surface area contributed by atoms with Crippen LogP contribution in [0.1, 0.15) is 11.1 Å². The van der Waals surface area contributed by atoms with E-state index in [0.717, 1.165) is 17.7 Å². The summed E-state index contributed by atoms with van der Waals surface area (Å²) in [5.74, 6) is -1.98. The minimum atomic E-state index is -4.07. The highest BCUT2D eigenvalue weighted by atomic mass is 79.9. The lowest BCUT2D eigenvalue weighted by Crippen LogP contribution is -2.16. The number of nitrogens with one attached hydrogen (secondary N) is 1. The number of aryl methyl sites for hydroxylation is 2. The number of rotatable bonds is 3. The van der Waals surface area contributed by atoms with Gasteiger partial charge in [-0.1, -0.05) is 28.1 Å². The molecule has 0 atom stereocenters. The fourth-order valence-electron chi connectivity index (χ4n) is 1.83. The summed E-state index contributed by atoms with van der Waals surface area (Å²) in [6, 6.07) is 6.83. The number of hydrogen-bond acceptors (Lipinski definition) is 2. The van der Waals surface area contributed by atoms with Crippen molar-refractivity contribution in [3.05, 3.63) is 57.6 Å². The van der Waals surface area contributed by atoms with Gasteiger partial charge in [-0.3, -0.25) is 4.72 Å². The summed E-state index contributed by atoms with van der Waals surface area (Å²) >= 11 is 2.94. The highest BCUT2D eigenvalue weighted by Crippen LogP contribution is 2.27. The van der Waals surface area contributed by atoms with Crippen LogP contribution in [0.5, 0.6) is 0 Å². The molecule has 0 aromatic heterocycles. The van der Waals surface area contributed by atoms with Crippen molar-refractivity contribution in [2.45, 2.75) is 18.7 Å². The van der Waals surface area contributed by atoms with Crippen molar-refractivity contribution in [1.82, 2.24) is 0 Å². The molecular formula is C14H12BrF2NO2S. The number of sulfonamides is 1. The fourth-order valence-corrected chi connectivity index (χ4v) is 3.63. The Morgan fingerprint density at radius 2 is 1.62 bits per heavy atom. The first-order chi connectivity index (χ1) is 9.70. The van der Waals surface area contributed by atoms with E-state index < -0.39 is 27.3 Å². The zero-order valence-electron chi connectivity index (χ0n) is 11.2. The van der Waals surface area contributed by atoms with E-state index >= 15 is 0 Å². The Morgan fingerprint density at radius 3 is 2.19 bits per heavy atom. The van der Waals surface area contributed by atoms with E-state index in [9.17, 15) is 17.2 Å². The van der Waals surface area contributed by atoms with Gasteiger partial charge in [0, 0.05) is 4.47 Å². The van der Waals surface area contributed by atoms with Crippen molar-refractivity contribution in [3.63, 3.8) is 0 Å². The van der Waals surface area contributed by atoms with Gasteiger partial charge in [0.15, 0.2) is 11.6 Å². The van der Waals surface area contributed by atoms with Crippen molar-refractivity contribution >= 4 is 31.6 Å². The Kier molecular flexibility index (Phi) is 4.34. The molecule has 2 aromatic carbocycles. The molecule has 0 radical (unpaired) electrons. The SMILES string of the molecule is Cc1ccc(C)c(S(=O)(=O)Nc2c(F)cc(Br)cc2F)c1. The number of benzene rings is 2. The van der Waals surface area contributed by atoms with Crippen LogP contribution in [0.15, 0.2) is 39.7 Å². The molecule has 0 saturated carbocycles. The summed E-state index contributed by atoms with van der Waals surface area (Å²) in [6.07, 6.45) is 0. The van der Waals surface area contributed by atoms with Gasteiger partial charge in [-0.05, 0) is 43.2 Å². The van der Waals surface area contributed by atoms with E-state index in [2.05, 4.69) is 15.9 Å². The highest BCUT2D eigenvalue weighted by molar-refractivity contribution is 9.10. The largest absolute Gasteiger partial charge is 0.274 e. The van der Waals surface area contributed by atoms with E-state index in [0.29, 0.717) is 5.56 Å². The van der Waals surface area contributed by atoms with E-state index in [-0.39, 0.29) is 9.37 Å². The molecule has 21 heavy (non-hydrogen) atoms. The first kappa shape index (κ1) is 15.9. The van der Waals surface area contributed by atoms with Gasteiger partial charge in [0.1, 0.15) is 5.69 Å². The van der Waals surface area contributed by atoms with Crippen LogP contribution in [0.3, 0.4) is 0 Å². The number of hydrogen-bond donors (Lipinski definition) is 1. The maximum atomic E-state index is 13.7. The molecule has 0 heterocycles. The monoisotopic (exact) mass is 375 g/mol. The summed E-state index contributed by atoms with van der Waals surface area (Å²) in [6.45, 7) is 3.35. The van der Waals surface area contributed by atoms with Crippen LogP contribution in [0.25, 0.3) is 0 Å². The van der Waals surface area contributed by atoms with Gasteiger partial charge in [-0.15, -0.1) is 0 Å². The Hall–Kier alpha value is -1.47. The topological polar surface area (TPSA) is 46.2 Å². The third kappa shape index (κ3) is 3.41. The van der Waals surface area contributed by atoms with Gasteiger partial charge >= 0.3 is 0 Å². The molecule has 0 aliphatic heterocycles. The molecule has 0 aliphatic rings. The van der Waals surface area contributed by atoms with E-state index in [1.54, 1.807) is 26.0 Å². The Balaban J connectivity index is 2.50. The molecule has 0 bridgehead atoms. The van der Waals surface area contributed by atoms with Gasteiger partial charge in [-0.25, -0.2) is 17.2 Å². The zero-order chi connectivity index (χ0) is 15.8. The maximum Gasteiger partial charge on any atom is 0.262 e. The number of halogens is 3. The summed E-state index contributed by atoms with van der Waals surface area (Å²) in [7, 11) is -4.07. The summed E-state index contributed by atoms with van der Waals surface area (Å²) in [5, 5.41) is 0. The molecule has 0 fully saturated rings. The van der Waals surface area contributed by atoms with Gasteiger partial charge in [0.25, 0.3) is 10.0 Å². The van der Waals surface area contributed by atoms with Gasteiger partial charge in [0.2, 0.25) is 0 Å². The maximum absolute atomic E-state index is 13.7. The predicted octanol–water partition coefficient (Wildman–Crippen LogP) is 4.14. The molecular weight excluding hydrogens is 364 g/mol. The zero-order valence-corrected chi connectivity index (χ0v) is 13.6. The van der Waals surface area contributed by atoms with Crippen LogP contribution < -0.4 is 4.72 Å². The molecule has 1 N–H and O–H groups in total. The highest BCUT2D eigenvalue weighted by Gasteiger charge is 2.21. The average Bonchev–Trinajstić information content (AvgIpc) is 2.36. The van der Waals surface area contributed by atoms with Gasteiger partial charge in [0.05, 0.1) is 4.90 Å². The van der Waals surface area contributed by atoms with Gasteiger partial charge in [-0.2, -0.15) is 0 Å². The van der Waals surface area contributed by atoms with Gasteiger partial charge < -0.3 is 0 Å². The normalized spacial score (nSPS) is 11.5. The van der Waals surface area contributed by atoms with E-state index in [4.69, 9.17) is 0 Å². The molecule has 0 aliphatic carbocycles. The average molecular weight is 376 g/mol. The molecule has 0 saturated heterocycles. The standard InChI is InChI=1S/C14H12BrF2NO2S/c1-8-3-4-9(2)13(5-8)21(19,20)18-14-11(16)6-10(15)7-12(14)17/h3-7,18H,1-2H3.